The molecule has 3 rings (SSSR count). The molecule has 0 radical (unpaired) electrons. The maximum atomic E-state index is 13.2. The van der Waals surface area contributed by atoms with Crippen molar-refractivity contribution in [3.8, 4) is 17.2 Å². The van der Waals surface area contributed by atoms with Crippen molar-refractivity contribution >= 4 is 5.91 Å². The molecule has 1 atom stereocenters. The van der Waals surface area contributed by atoms with Gasteiger partial charge < -0.3 is 19.1 Å². The Morgan fingerprint density at radius 1 is 1.04 bits per heavy atom. The fourth-order valence-corrected chi connectivity index (χ4v) is 3.53. The molecule has 1 saturated heterocycles. The van der Waals surface area contributed by atoms with E-state index in [1.807, 2.05) is 55.1 Å². The lowest BCUT2D eigenvalue weighted by molar-refractivity contribution is 0.0735. The maximum absolute atomic E-state index is 13.2. The molecule has 0 aromatic heterocycles. The van der Waals surface area contributed by atoms with Crippen LogP contribution in [0.15, 0.2) is 42.5 Å². The zero-order valence-corrected chi connectivity index (χ0v) is 16.2. The Balaban J connectivity index is 1.83. The Morgan fingerprint density at radius 3 is 2.41 bits per heavy atom. The van der Waals surface area contributed by atoms with Gasteiger partial charge in [-0.2, -0.15) is 0 Å². The van der Waals surface area contributed by atoms with E-state index in [-0.39, 0.29) is 11.9 Å². The zero-order chi connectivity index (χ0) is 19.2. The minimum atomic E-state index is 0.0253. The predicted molar refractivity (Wildman–Crippen MR) is 105 cm³/mol. The summed E-state index contributed by atoms with van der Waals surface area (Å²) < 4.78 is 16.5. The number of likely N-dealkylation sites (tertiary alicyclic amines) is 1. The lowest BCUT2D eigenvalue weighted by Crippen LogP contribution is -2.30. The van der Waals surface area contributed by atoms with Gasteiger partial charge in [0.25, 0.3) is 5.91 Å². The Morgan fingerprint density at radius 2 is 1.74 bits per heavy atom. The van der Waals surface area contributed by atoms with Crippen LogP contribution in [-0.2, 0) is 0 Å². The van der Waals surface area contributed by atoms with Crippen LogP contribution in [-0.4, -0.2) is 37.7 Å². The minimum absolute atomic E-state index is 0.0253. The van der Waals surface area contributed by atoms with Gasteiger partial charge in [0.05, 0.1) is 26.4 Å². The summed E-state index contributed by atoms with van der Waals surface area (Å²) in [6, 6.07) is 13.5. The molecule has 2 aromatic rings. The number of rotatable bonds is 7. The van der Waals surface area contributed by atoms with Crippen LogP contribution in [0.3, 0.4) is 0 Å². The number of carbonyl (C=O) groups is 1. The summed E-state index contributed by atoms with van der Waals surface area (Å²) in [7, 11) is 1.66. The first kappa shape index (κ1) is 19.1. The van der Waals surface area contributed by atoms with Crippen molar-refractivity contribution < 1.29 is 19.0 Å². The third-order valence-electron chi connectivity index (χ3n) is 4.80. The summed E-state index contributed by atoms with van der Waals surface area (Å²) >= 11 is 0. The molecule has 5 nitrogen and oxygen atoms in total. The van der Waals surface area contributed by atoms with Gasteiger partial charge in [-0.3, -0.25) is 4.79 Å². The molecular formula is C22H27NO4. The molecule has 0 saturated carbocycles. The first-order valence-electron chi connectivity index (χ1n) is 9.52. The first-order valence-corrected chi connectivity index (χ1v) is 9.52. The number of methoxy groups -OCH3 is 1. The van der Waals surface area contributed by atoms with E-state index < -0.39 is 0 Å². The van der Waals surface area contributed by atoms with Gasteiger partial charge in [-0.15, -0.1) is 0 Å². The average Bonchev–Trinajstić information content (AvgIpc) is 3.19. The lowest BCUT2D eigenvalue weighted by atomic mass is 10.0. The number of ether oxygens (including phenoxy) is 3. The third kappa shape index (κ3) is 4.18. The molecule has 0 bridgehead atoms. The highest BCUT2D eigenvalue weighted by molar-refractivity contribution is 5.95. The van der Waals surface area contributed by atoms with E-state index in [0.717, 1.165) is 30.7 Å². The Hall–Kier alpha value is -2.69. The highest BCUT2D eigenvalue weighted by Gasteiger charge is 2.31. The van der Waals surface area contributed by atoms with E-state index in [0.29, 0.717) is 30.3 Å². The van der Waals surface area contributed by atoms with Gasteiger partial charge in [0.2, 0.25) is 0 Å². The normalized spacial score (nSPS) is 16.3. The summed E-state index contributed by atoms with van der Waals surface area (Å²) in [5, 5.41) is 0. The van der Waals surface area contributed by atoms with Crippen molar-refractivity contribution in [1.29, 1.82) is 0 Å². The van der Waals surface area contributed by atoms with Crippen LogP contribution in [0.1, 0.15) is 48.7 Å². The Labute approximate surface area is 160 Å². The lowest BCUT2D eigenvalue weighted by Gasteiger charge is -2.25. The molecule has 1 unspecified atom stereocenters. The smallest absolute Gasteiger partial charge is 0.254 e. The van der Waals surface area contributed by atoms with Crippen molar-refractivity contribution in [1.82, 2.24) is 4.90 Å². The molecule has 1 fully saturated rings. The van der Waals surface area contributed by atoms with Gasteiger partial charge in [-0.05, 0) is 62.6 Å². The third-order valence-corrected chi connectivity index (χ3v) is 4.80. The summed E-state index contributed by atoms with van der Waals surface area (Å²) in [6.07, 6.45) is 1.96. The van der Waals surface area contributed by atoms with E-state index in [4.69, 9.17) is 14.2 Å². The molecule has 0 aliphatic carbocycles. The van der Waals surface area contributed by atoms with E-state index >= 15 is 0 Å². The number of carbonyl (C=O) groups excluding carboxylic acids is 1. The number of nitrogens with zero attached hydrogens (tertiary/aromatic N) is 1. The van der Waals surface area contributed by atoms with Gasteiger partial charge in [-0.1, -0.05) is 12.1 Å². The van der Waals surface area contributed by atoms with Gasteiger partial charge in [0, 0.05) is 12.1 Å². The van der Waals surface area contributed by atoms with Gasteiger partial charge >= 0.3 is 0 Å². The van der Waals surface area contributed by atoms with Crippen LogP contribution in [0.2, 0.25) is 0 Å². The quantitative estimate of drug-likeness (QED) is 0.722. The van der Waals surface area contributed by atoms with Crippen molar-refractivity contribution in [2.45, 2.75) is 32.7 Å². The van der Waals surface area contributed by atoms with Crippen LogP contribution < -0.4 is 14.2 Å². The molecule has 1 aliphatic rings. The van der Waals surface area contributed by atoms with Crippen LogP contribution >= 0.6 is 0 Å². The van der Waals surface area contributed by atoms with Crippen LogP contribution in [0.5, 0.6) is 17.2 Å². The van der Waals surface area contributed by atoms with E-state index in [9.17, 15) is 4.79 Å². The standard InChI is InChI=1S/C22H27NO4/c1-4-26-20-13-10-17(15-21(20)27-5-2)22(24)23-14-6-7-19(23)16-8-11-18(25-3)12-9-16/h8-13,15,19H,4-7,14H2,1-3H3. The second kappa shape index (κ2) is 8.80. The molecule has 5 heteroatoms. The SMILES string of the molecule is CCOc1ccc(C(=O)N2CCCC2c2ccc(OC)cc2)cc1OCC. The number of hydrogen-bond acceptors (Lipinski definition) is 4. The van der Waals surface area contributed by atoms with Gasteiger partial charge in [-0.25, -0.2) is 0 Å². The molecule has 0 N–H and O–H groups in total. The summed E-state index contributed by atoms with van der Waals surface area (Å²) in [5.74, 6) is 2.13. The highest BCUT2D eigenvalue weighted by Crippen LogP contribution is 2.35. The largest absolute Gasteiger partial charge is 0.497 e. The minimum Gasteiger partial charge on any atom is -0.497 e. The molecule has 1 amide bonds. The number of hydrogen-bond donors (Lipinski definition) is 0. The highest BCUT2D eigenvalue weighted by atomic mass is 16.5. The van der Waals surface area contributed by atoms with Crippen LogP contribution in [0, 0.1) is 0 Å². The second-order valence-electron chi connectivity index (χ2n) is 6.46. The van der Waals surface area contributed by atoms with Gasteiger partial charge in [0.1, 0.15) is 5.75 Å². The molecular weight excluding hydrogens is 342 g/mol. The van der Waals surface area contributed by atoms with Crippen LogP contribution in [0.4, 0.5) is 0 Å². The number of benzene rings is 2. The predicted octanol–water partition coefficient (Wildman–Crippen LogP) is 4.47. The molecule has 0 spiro atoms. The molecule has 144 valence electrons. The average molecular weight is 369 g/mol. The zero-order valence-electron chi connectivity index (χ0n) is 16.2. The fraction of sp³-hybridized carbons (Fsp3) is 0.409. The monoisotopic (exact) mass is 369 g/mol. The van der Waals surface area contributed by atoms with E-state index in [1.165, 1.54) is 0 Å². The van der Waals surface area contributed by atoms with Gasteiger partial charge in [0.15, 0.2) is 11.5 Å². The molecule has 1 heterocycles. The Kier molecular flexibility index (Phi) is 6.22. The first-order chi connectivity index (χ1) is 13.2. The molecule has 1 aliphatic heterocycles. The van der Waals surface area contributed by atoms with Crippen molar-refractivity contribution in [3.05, 3.63) is 53.6 Å². The summed E-state index contributed by atoms with van der Waals surface area (Å²) in [4.78, 5) is 15.1. The fourth-order valence-electron chi connectivity index (χ4n) is 3.53. The van der Waals surface area contributed by atoms with Crippen molar-refractivity contribution in [2.24, 2.45) is 0 Å². The number of amides is 1. The summed E-state index contributed by atoms with van der Waals surface area (Å²) in [6.45, 7) is 5.69. The maximum Gasteiger partial charge on any atom is 0.254 e. The van der Waals surface area contributed by atoms with Crippen LogP contribution in [0.25, 0.3) is 0 Å². The topological polar surface area (TPSA) is 48.0 Å². The second-order valence-corrected chi connectivity index (χ2v) is 6.46. The van der Waals surface area contributed by atoms with E-state index in [2.05, 4.69) is 0 Å². The Bertz CT molecular complexity index is 772. The van der Waals surface area contributed by atoms with E-state index in [1.54, 1.807) is 13.2 Å². The van der Waals surface area contributed by atoms with Crippen molar-refractivity contribution in [3.63, 3.8) is 0 Å². The molecule has 27 heavy (non-hydrogen) atoms. The van der Waals surface area contributed by atoms with Crippen molar-refractivity contribution in [2.75, 3.05) is 26.9 Å². The summed E-state index contributed by atoms with van der Waals surface area (Å²) in [5.41, 5.74) is 1.76. The molecule has 2 aromatic carbocycles.